The maximum atomic E-state index is 11.9. The van der Waals surface area contributed by atoms with Crippen LogP contribution in [0, 0.1) is 0 Å². The predicted molar refractivity (Wildman–Crippen MR) is 79.0 cm³/mol. The zero-order valence-corrected chi connectivity index (χ0v) is 14.0. The lowest BCUT2D eigenvalue weighted by Crippen LogP contribution is -2.46. The Morgan fingerprint density at radius 1 is 1.05 bits per heavy atom. The van der Waals surface area contributed by atoms with Crippen LogP contribution in [0.15, 0.2) is 0 Å². The first-order valence-electron chi connectivity index (χ1n) is 6.78. The van der Waals surface area contributed by atoms with Crippen LogP contribution in [0.2, 0.25) is 0 Å². The van der Waals surface area contributed by atoms with Crippen molar-refractivity contribution in [3.63, 3.8) is 0 Å². The van der Waals surface area contributed by atoms with E-state index in [0.717, 1.165) is 36.4 Å². The summed E-state index contributed by atoms with van der Waals surface area (Å²) in [6.07, 6.45) is 6.09. The molecule has 0 unspecified atom stereocenters. The lowest BCUT2D eigenvalue weighted by Gasteiger charge is -2.32. The molecule has 0 heterocycles. The van der Waals surface area contributed by atoms with Crippen LogP contribution in [0.5, 0.6) is 0 Å². The number of hydrogen-bond donors (Lipinski definition) is 1. The van der Waals surface area contributed by atoms with E-state index >= 15 is 0 Å². The summed E-state index contributed by atoms with van der Waals surface area (Å²) >= 11 is 0. The van der Waals surface area contributed by atoms with Gasteiger partial charge in [-0.2, -0.15) is 17.0 Å². The van der Waals surface area contributed by atoms with E-state index in [9.17, 15) is 16.8 Å². The predicted octanol–water partition coefficient (Wildman–Crippen LogP) is -0.0233. The van der Waals surface area contributed by atoms with Crippen molar-refractivity contribution in [2.45, 2.75) is 38.1 Å². The van der Waals surface area contributed by atoms with Gasteiger partial charge in [0, 0.05) is 33.2 Å². The Kier molecular flexibility index (Phi) is 6.39. The van der Waals surface area contributed by atoms with E-state index < -0.39 is 20.2 Å². The largest absolute Gasteiger partial charge is 0.278 e. The van der Waals surface area contributed by atoms with Crippen LogP contribution in [0.25, 0.3) is 0 Å². The molecule has 0 amide bonds. The highest BCUT2D eigenvalue weighted by Crippen LogP contribution is 2.24. The fraction of sp³-hybridized carbons (Fsp3) is 1.00. The van der Waals surface area contributed by atoms with Crippen LogP contribution in [0.1, 0.15) is 32.1 Å². The van der Waals surface area contributed by atoms with E-state index in [1.165, 1.54) is 24.7 Å². The van der Waals surface area contributed by atoms with Crippen LogP contribution in [0.3, 0.4) is 0 Å². The summed E-state index contributed by atoms with van der Waals surface area (Å²) in [6.45, 7) is 0.265. The zero-order valence-electron chi connectivity index (χ0n) is 12.4. The molecule has 0 aliphatic heterocycles. The Labute approximate surface area is 122 Å². The van der Waals surface area contributed by atoms with Crippen molar-refractivity contribution in [2.75, 3.05) is 33.4 Å². The fourth-order valence-electron chi connectivity index (χ4n) is 2.40. The Morgan fingerprint density at radius 3 is 2.05 bits per heavy atom. The molecule has 9 heteroatoms. The molecule has 1 fully saturated rings. The fourth-order valence-corrected chi connectivity index (χ4v) is 4.18. The minimum absolute atomic E-state index is 0.00242. The summed E-state index contributed by atoms with van der Waals surface area (Å²) < 4.78 is 51.8. The van der Waals surface area contributed by atoms with Gasteiger partial charge in [-0.1, -0.05) is 19.3 Å². The zero-order chi connectivity index (χ0) is 15.4. The molecule has 0 bridgehead atoms. The Hall–Kier alpha value is -0.220. The average Bonchev–Trinajstić information content (AvgIpc) is 2.34. The summed E-state index contributed by atoms with van der Waals surface area (Å²) in [7, 11) is -3.97. The van der Waals surface area contributed by atoms with Gasteiger partial charge in [0.1, 0.15) is 0 Å². The summed E-state index contributed by atoms with van der Waals surface area (Å²) in [5.74, 6) is 0. The molecule has 0 spiro atoms. The second kappa shape index (κ2) is 7.17. The number of hydrogen-bond acceptors (Lipinski definition) is 4. The smallest absolute Gasteiger partial charge is 0.212 e. The van der Waals surface area contributed by atoms with Gasteiger partial charge in [0.15, 0.2) is 0 Å². The lowest BCUT2D eigenvalue weighted by atomic mass is 9.95. The molecule has 1 rings (SSSR count). The molecule has 0 saturated heterocycles. The van der Waals surface area contributed by atoms with Gasteiger partial charge >= 0.3 is 0 Å². The van der Waals surface area contributed by atoms with E-state index in [-0.39, 0.29) is 19.1 Å². The third-order valence-electron chi connectivity index (χ3n) is 3.51. The molecular weight excluding hydrogens is 302 g/mol. The molecule has 120 valence electrons. The molecule has 20 heavy (non-hydrogen) atoms. The molecule has 1 aliphatic carbocycles. The van der Waals surface area contributed by atoms with Crippen LogP contribution in [-0.4, -0.2) is 64.9 Å². The molecular formula is C11H25N3O4S2. The molecule has 1 saturated carbocycles. The highest BCUT2D eigenvalue weighted by molar-refractivity contribution is 7.88. The quantitative estimate of drug-likeness (QED) is 0.712. The first kappa shape index (κ1) is 17.8. The number of nitrogens with one attached hydrogen (secondary N) is 1. The van der Waals surface area contributed by atoms with Crippen molar-refractivity contribution in [1.29, 1.82) is 0 Å². The molecule has 0 aromatic heterocycles. The van der Waals surface area contributed by atoms with E-state index in [2.05, 4.69) is 4.72 Å². The van der Waals surface area contributed by atoms with E-state index in [1.54, 1.807) is 0 Å². The second-order valence-corrected chi connectivity index (χ2v) is 9.25. The third-order valence-corrected chi connectivity index (χ3v) is 6.37. The van der Waals surface area contributed by atoms with E-state index in [4.69, 9.17) is 0 Å². The monoisotopic (exact) mass is 327 g/mol. The maximum absolute atomic E-state index is 11.9. The maximum Gasteiger partial charge on any atom is 0.278 e. The van der Waals surface area contributed by atoms with Crippen molar-refractivity contribution < 1.29 is 16.8 Å². The van der Waals surface area contributed by atoms with Crippen LogP contribution in [-0.2, 0) is 20.2 Å². The second-order valence-electron chi connectivity index (χ2n) is 5.35. The summed E-state index contributed by atoms with van der Waals surface area (Å²) in [5, 5.41) is 0. The van der Waals surface area contributed by atoms with Crippen LogP contribution in [0.4, 0.5) is 0 Å². The van der Waals surface area contributed by atoms with Gasteiger partial charge < -0.3 is 0 Å². The topological polar surface area (TPSA) is 86.8 Å². The average molecular weight is 327 g/mol. The van der Waals surface area contributed by atoms with Gasteiger partial charge in [0.05, 0.1) is 6.26 Å². The highest BCUT2D eigenvalue weighted by Gasteiger charge is 2.28. The van der Waals surface area contributed by atoms with Crippen molar-refractivity contribution in [1.82, 2.24) is 13.3 Å². The van der Waals surface area contributed by atoms with E-state index in [1.807, 2.05) is 0 Å². The van der Waals surface area contributed by atoms with Crippen LogP contribution >= 0.6 is 0 Å². The Bertz CT molecular complexity index is 496. The minimum atomic E-state index is -3.51. The molecule has 0 atom stereocenters. The molecule has 0 aromatic rings. The SMILES string of the molecule is CN(C)S(=O)(=O)NCCN(C1CCCCC1)S(C)(=O)=O. The number of nitrogens with zero attached hydrogens (tertiary/aromatic N) is 2. The third kappa shape index (κ3) is 5.28. The number of rotatable bonds is 7. The molecule has 0 aromatic carbocycles. The summed E-state index contributed by atoms with van der Waals surface area (Å²) in [6, 6.07) is 0.00242. The van der Waals surface area contributed by atoms with Crippen molar-refractivity contribution in [3.05, 3.63) is 0 Å². The van der Waals surface area contributed by atoms with Crippen LogP contribution < -0.4 is 4.72 Å². The van der Waals surface area contributed by atoms with Crippen molar-refractivity contribution in [2.24, 2.45) is 0 Å². The first-order chi connectivity index (χ1) is 9.14. The highest BCUT2D eigenvalue weighted by atomic mass is 32.2. The van der Waals surface area contributed by atoms with Gasteiger partial charge in [-0.15, -0.1) is 0 Å². The van der Waals surface area contributed by atoms with Gasteiger partial charge in [-0.3, -0.25) is 0 Å². The molecule has 7 nitrogen and oxygen atoms in total. The molecule has 1 N–H and O–H groups in total. The summed E-state index contributed by atoms with van der Waals surface area (Å²) in [5.41, 5.74) is 0. The lowest BCUT2D eigenvalue weighted by molar-refractivity contribution is 0.257. The molecule has 1 aliphatic rings. The normalized spacial score (nSPS) is 18.9. The molecule has 0 radical (unpaired) electrons. The Balaban J connectivity index is 2.63. The van der Waals surface area contributed by atoms with Gasteiger partial charge in [0.2, 0.25) is 10.0 Å². The van der Waals surface area contributed by atoms with Gasteiger partial charge in [-0.25, -0.2) is 13.1 Å². The van der Waals surface area contributed by atoms with Gasteiger partial charge in [0.25, 0.3) is 10.2 Å². The number of sulfonamides is 1. The van der Waals surface area contributed by atoms with E-state index in [0.29, 0.717) is 0 Å². The summed E-state index contributed by atoms with van der Waals surface area (Å²) in [4.78, 5) is 0. The first-order valence-corrected chi connectivity index (χ1v) is 10.1. The van der Waals surface area contributed by atoms with Crippen molar-refractivity contribution >= 4 is 20.2 Å². The van der Waals surface area contributed by atoms with Crippen molar-refractivity contribution in [3.8, 4) is 0 Å². The van der Waals surface area contributed by atoms with Gasteiger partial charge in [-0.05, 0) is 12.8 Å². The Morgan fingerprint density at radius 2 is 1.60 bits per heavy atom. The minimum Gasteiger partial charge on any atom is -0.212 e. The standard InChI is InChI=1S/C11H25N3O4S2/c1-13(2)20(17,18)12-9-10-14(19(3,15)16)11-7-5-4-6-8-11/h11-12H,4-10H2,1-3H3.